The molecule has 5 heteroatoms. The van der Waals surface area contributed by atoms with Crippen LogP contribution in [0.5, 0.6) is 0 Å². The Hall–Kier alpha value is 0.0400. The molecule has 1 aromatic carbocycles. The highest BCUT2D eigenvalue weighted by molar-refractivity contribution is 8.20. The molecule has 0 spiro atoms. The molecule has 1 aromatic heterocycles. The summed E-state index contributed by atoms with van der Waals surface area (Å²) in [5.41, 5.74) is 0.957. The zero-order valence-electron chi connectivity index (χ0n) is 6.46. The summed E-state index contributed by atoms with van der Waals surface area (Å²) < 4.78 is 1.16. The van der Waals surface area contributed by atoms with Gasteiger partial charge in [0.05, 0.1) is 16.0 Å². The van der Waals surface area contributed by atoms with Crippen molar-refractivity contribution in [2.45, 2.75) is 5.75 Å². The zero-order valence-corrected chi connectivity index (χ0v) is 9.60. The van der Waals surface area contributed by atoms with Crippen molar-refractivity contribution in [3.05, 3.63) is 28.2 Å². The average Bonchev–Trinajstić information content (AvgIpc) is 2.46. The fraction of sp³-hybridized carbons (Fsp3) is 0.125. The highest BCUT2D eigenvalue weighted by Crippen LogP contribution is 2.27. The van der Waals surface area contributed by atoms with Gasteiger partial charge in [0, 0.05) is 5.02 Å². The number of hydrogen-bond acceptors (Lipinski definition) is 3. The number of thiazole rings is 1. The Bertz CT molecular complexity index is 427. The molecule has 0 aliphatic rings. The fourth-order valence-electron chi connectivity index (χ4n) is 1.06. The third-order valence-corrected chi connectivity index (χ3v) is 3.74. The Morgan fingerprint density at radius 1 is 1.46 bits per heavy atom. The van der Waals surface area contributed by atoms with Gasteiger partial charge >= 0.3 is 0 Å². The van der Waals surface area contributed by atoms with Crippen LogP contribution in [0.2, 0.25) is 5.02 Å². The van der Waals surface area contributed by atoms with Crippen LogP contribution in [0.3, 0.4) is 0 Å². The van der Waals surface area contributed by atoms with Crippen LogP contribution in [-0.2, 0) is 5.75 Å². The molecule has 0 fully saturated rings. The van der Waals surface area contributed by atoms with Crippen LogP contribution >= 0.6 is 44.6 Å². The molecule has 0 atom stereocenters. The van der Waals surface area contributed by atoms with Gasteiger partial charge in [0.15, 0.2) is 0 Å². The second kappa shape index (κ2) is 4.05. The predicted molar refractivity (Wildman–Crippen MR) is 61.8 cm³/mol. The van der Waals surface area contributed by atoms with Gasteiger partial charge in [-0.1, -0.05) is 11.6 Å². The number of fused-ring (bicyclic) bond motifs is 1. The highest BCUT2D eigenvalue weighted by atomic mass is 35.7. The standard InChI is InChI=1S/C8H5Cl2NS2/c9-5-1-2-7-6(3-5)11-8(13-7)4-12-10/h1-3H,4H2. The molecule has 0 saturated heterocycles. The molecule has 1 heterocycles. The van der Waals surface area contributed by atoms with Gasteiger partial charge < -0.3 is 0 Å². The van der Waals surface area contributed by atoms with E-state index in [0.29, 0.717) is 0 Å². The molecule has 0 unspecified atom stereocenters. The molecule has 0 saturated carbocycles. The molecule has 0 amide bonds. The van der Waals surface area contributed by atoms with Crippen LogP contribution in [0, 0.1) is 0 Å². The summed E-state index contributed by atoms with van der Waals surface area (Å²) in [4.78, 5) is 4.39. The van der Waals surface area contributed by atoms with Gasteiger partial charge in [-0.05, 0) is 39.9 Å². The molecule has 0 aliphatic carbocycles. The molecule has 0 aliphatic heterocycles. The van der Waals surface area contributed by atoms with Gasteiger partial charge in [0.2, 0.25) is 0 Å². The van der Waals surface area contributed by atoms with E-state index in [1.54, 1.807) is 11.3 Å². The van der Waals surface area contributed by atoms with E-state index in [1.807, 2.05) is 18.2 Å². The minimum absolute atomic E-state index is 0.725. The van der Waals surface area contributed by atoms with E-state index in [-0.39, 0.29) is 0 Å². The first kappa shape index (κ1) is 9.59. The Kier molecular flexibility index (Phi) is 2.99. The van der Waals surface area contributed by atoms with Crippen LogP contribution in [0.1, 0.15) is 5.01 Å². The molecule has 13 heavy (non-hydrogen) atoms. The van der Waals surface area contributed by atoms with Gasteiger partial charge in [-0.2, -0.15) is 0 Å². The average molecular weight is 250 g/mol. The lowest BCUT2D eigenvalue weighted by atomic mass is 10.3. The van der Waals surface area contributed by atoms with Crippen LogP contribution in [-0.4, -0.2) is 4.98 Å². The largest absolute Gasteiger partial charge is 0.240 e. The van der Waals surface area contributed by atoms with E-state index < -0.39 is 0 Å². The summed E-state index contributed by atoms with van der Waals surface area (Å²) in [5.74, 6) is 0.749. The van der Waals surface area contributed by atoms with Crippen LogP contribution in [0.15, 0.2) is 18.2 Å². The van der Waals surface area contributed by atoms with Gasteiger partial charge in [-0.15, -0.1) is 11.3 Å². The molecule has 2 rings (SSSR count). The van der Waals surface area contributed by atoms with Gasteiger partial charge in [-0.3, -0.25) is 0 Å². The summed E-state index contributed by atoms with van der Waals surface area (Å²) in [6.07, 6.45) is 0. The number of benzene rings is 1. The Balaban J connectivity index is 2.49. The second-order valence-corrected chi connectivity index (χ2v) is 5.19. The van der Waals surface area contributed by atoms with Crippen LogP contribution in [0.4, 0.5) is 0 Å². The molecule has 68 valence electrons. The van der Waals surface area contributed by atoms with Crippen molar-refractivity contribution in [3.63, 3.8) is 0 Å². The van der Waals surface area contributed by atoms with Gasteiger partial charge in [-0.25, -0.2) is 4.98 Å². The van der Waals surface area contributed by atoms with Gasteiger partial charge in [0.25, 0.3) is 0 Å². The molecule has 0 N–H and O–H groups in total. The van der Waals surface area contributed by atoms with Crippen molar-refractivity contribution >= 4 is 54.8 Å². The van der Waals surface area contributed by atoms with E-state index in [4.69, 9.17) is 22.3 Å². The van der Waals surface area contributed by atoms with Crippen molar-refractivity contribution in [1.82, 2.24) is 4.98 Å². The third-order valence-electron chi connectivity index (χ3n) is 1.57. The predicted octanol–water partition coefficient (Wildman–Crippen LogP) is 4.34. The maximum atomic E-state index is 5.84. The zero-order chi connectivity index (χ0) is 9.26. The first-order chi connectivity index (χ1) is 6.29. The molecular weight excluding hydrogens is 245 g/mol. The summed E-state index contributed by atoms with van der Waals surface area (Å²) >= 11 is 7.49. The first-order valence-corrected chi connectivity index (χ1v) is 6.59. The number of rotatable bonds is 2. The normalized spacial score (nSPS) is 10.9. The summed E-state index contributed by atoms with van der Waals surface area (Å²) in [7, 11) is 6.81. The topological polar surface area (TPSA) is 12.9 Å². The lowest BCUT2D eigenvalue weighted by Crippen LogP contribution is -1.73. The van der Waals surface area contributed by atoms with Gasteiger partial charge in [0.1, 0.15) is 5.01 Å². The maximum absolute atomic E-state index is 5.84. The minimum Gasteiger partial charge on any atom is -0.240 e. The Morgan fingerprint density at radius 3 is 3.08 bits per heavy atom. The molecule has 2 aromatic rings. The summed E-state index contributed by atoms with van der Waals surface area (Å²) in [6.45, 7) is 0. The maximum Gasteiger partial charge on any atom is 0.105 e. The summed E-state index contributed by atoms with van der Waals surface area (Å²) in [6, 6.07) is 5.73. The van der Waals surface area contributed by atoms with E-state index in [9.17, 15) is 0 Å². The van der Waals surface area contributed by atoms with Crippen molar-refractivity contribution < 1.29 is 0 Å². The Morgan fingerprint density at radius 2 is 2.31 bits per heavy atom. The quantitative estimate of drug-likeness (QED) is 0.786. The number of aromatic nitrogens is 1. The molecule has 0 bridgehead atoms. The number of halogens is 2. The molecule has 1 nitrogen and oxygen atoms in total. The smallest absolute Gasteiger partial charge is 0.105 e. The minimum atomic E-state index is 0.725. The third kappa shape index (κ3) is 2.10. The van der Waals surface area contributed by atoms with Crippen LogP contribution < -0.4 is 0 Å². The monoisotopic (exact) mass is 249 g/mol. The molecule has 0 radical (unpaired) electrons. The van der Waals surface area contributed by atoms with E-state index in [1.165, 1.54) is 11.0 Å². The highest BCUT2D eigenvalue weighted by Gasteiger charge is 2.03. The first-order valence-electron chi connectivity index (χ1n) is 3.58. The lowest BCUT2D eigenvalue weighted by Gasteiger charge is -1.86. The van der Waals surface area contributed by atoms with Crippen molar-refractivity contribution in [1.29, 1.82) is 0 Å². The summed E-state index contributed by atoms with van der Waals surface area (Å²) in [5, 5.41) is 1.76. The SMILES string of the molecule is ClSCc1nc2cc(Cl)ccc2s1. The second-order valence-electron chi connectivity index (χ2n) is 2.47. The van der Waals surface area contributed by atoms with Crippen molar-refractivity contribution in [2.24, 2.45) is 0 Å². The number of nitrogens with zero attached hydrogens (tertiary/aromatic N) is 1. The molecular formula is C8H5Cl2NS2. The van der Waals surface area contributed by atoms with E-state index in [0.717, 1.165) is 26.0 Å². The Labute approximate surface area is 93.6 Å². The lowest BCUT2D eigenvalue weighted by molar-refractivity contribution is 1.32. The van der Waals surface area contributed by atoms with E-state index in [2.05, 4.69) is 4.98 Å². The fourth-order valence-corrected chi connectivity index (χ4v) is 3.04. The van der Waals surface area contributed by atoms with E-state index >= 15 is 0 Å². The van der Waals surface area contributed by atoms with Crippen LogP contribution in [0.25, 0.3) is 10.2 Å². The van der Waals surface area contributed by atoms with Crippen molar-refractivity contribution in [2.75, 3.05) is 0 Å². The van der Waals surface area contributed by atoms with Crippen molar-refractivity contribution in [3.8, 4) is 0 Å². The number of hydrogen-bond donors (Lipinski definition) is 0.